The number of carboxylic acids is 1. The fourth-order valence-electron chi connectivity index (χ4n) is 3.81. The minimum Gasteiger partial charge on any atom is -0.481 e. The molecule has 2 amide bonds. The lowest BCUT2D eigenvalue weighted by Crippen LogP contribution is -2.47. The standard InChI is InChI=1S/C20H30N4O4/c1-4-13(2)24-18(14-7-8-14)16(10-21-24)19(26)22(3)12-17(25)23-9-5-6-15(11-23)20(27)28/h10,13-15H,4-9,11-12H2,1-3H3,(H,27,28). The first-order valence-electron chi connectivity index (χ1n) is 10.2. The molecule has 2 atom stereocenters. The molecule has 0 spiro atoms. The number of nitrogens with zero attached hydrogens (tertiary/aromatic N) is 4. The molecule has 1 saturated heterocycles. The van der Waals surface area contributed by atoms with Crippen molar-refractivity contribution in [3.63, 3.8) is 0 Å². The average molecular weight is 390 g/mol. The Balaban J connectivity index is 1.69. The molecule has 2 heterocycles. The van der Waals surface area contributed by atoms with Gasteiger partial charge in [-0.1, -0.05) is 6.92 Å². The van der Waals surface area contributed by atoms with Crippen molar-refractivity contribution in [2.45, 2.75) is 57.9 Å². The number of carbonyl (C=O) groups excluding carboxylic acids is 2. The van der Waals surface area contributed by atoms with E-state index in [0.717, 1.165) is 25.0 Å². The Morgan fingerprint density at radius 1 is 1.32 bits per heavy atom. The first-order chi connectivity index (χ1) is 13.3. The summed E-state index contributed by atoms with van der Waals surface area (Å²) in [7, 11) is 1.62. The summed E-state index contributed by atoms with van der Waals surface area (Å²) < 4.78 is 1.96. The second-order valence-corrected chi connectivity index (χ2v) is 8.10. The molecular formula is C20H30N4O4. The van der Waals surface area contributed by atoms with Crippen molar-refractivity contribution in [1.29, 1.82) is 0 Å². The van der Waals surface area contributed by atoms with E-state index in [0.29, 0.717) is 30.9 Å². The molecule has 8 heteroatoms. The van der Waals surface area contributed by atoms with Gasteiger partial charge in [0, 0.05) is 32.1 Å². The van der Waals surface area contributed by atoms with Crippen LogP contribution in [0.1, 0.15) is 74.0 Å². The quantitative estimate of drug-likeness (QED) is 0.769. The Kier molecular flexibility index (Phi) is 6.05. The maximum absolute atomic E-state index is 13.0. The van der Waals surface area contributed by atoms with E-state index >= 15 is 0 Å². The molecule has 1 saturated carbocycles. The largest absolute Gasteiger partial charge is 0.481 e. The van der Waals surface area contributed by atoms with Crippen molar-refractivity contribution < 1.29 is 19.5 Å². The molecule has 28 heavy (non-hydrogen) atoms. The minimum absolute atomic E-state index is 0.0518. The first kappa shape index (κ1) is 20.4. The molecule has 2 unspecified atom stereocenters. The number of likely N-dealkylation sites (N-methyl/N-ethyl adjacent to an activating group) is 1. The van der Waals surface area contributed by atoms with Crippen molar-refractivity contribution in [3.05, 3.63) is 17.5 Å². The lowest BCUT2D eigenvalue weighted by molar-refractivity contribution is -0.145. The van der Waals surface area contributed by atoms with Crippen LogP contribution in [0, 0.1) is 5.92 Å². The van der Waals surface area contributed by atoms with Crippen LogP contribution in [0.2, 0.25) is 0 Å². The van der Waals surface area contributed by atoms with Gasteiger partial charge in [-0.2, -0.15) is 5.10 Å². The molecule has 154 valence electrons. The Morgan fingerprint density at radius 2 is 2.04 bits per heavy atom. The molecule has 2 fully saturated rings. The van der Waals surface area contributed by atoms with Gasteiger partial charge in [-0.3, -0.25) is 19.1 Å². The van der Waals surface area contributed by atoms with Gasteiger partial charge < -0.3 is 14.9 Å². The molecule has 1 aromatic heterocycles. The smallest absolute Gasteiger partial charge is 0.308 e. The van der Waals surface area contributed by atoms with Crippen LogP contribution in [0.15, 0.2) is 6.20 Å². The van der Waals surface area contributed by atoms with Crippen molar-refractivity contribution in [3.8, 4) is 0 Å². The summed E-state index contributed by atoms with van der Waals surface area (Å²) in [6.07, 6.45) is 5.96. The Morgan fingerprint density at radius 3 is 2.64 bits per heavy atom. The highest BCUT2D eigenvalue weighted by atomic mass is 16.4. The van der Waals surface area contributed by atoms with Gasteiger partial charge in [0.25, 0.3) is 5.91 Å². The summed E-state index contributed by atoms with van der Waals surface area (Å²) in [5.74, 6) is -1.42. The maximum atomic E-state index is 13.0. The number of hydrogen-bond acceptors (Lipinski definition) is 4. The van der Waals surface area contributed by atoms with Crippen LogP contribution in [0.3, 0.4) is 0 Å². The zero-order chi connectivity index (χ0) is 20.4. The normalized spacial score (nSPS) is 20.7. The van der Waals surface area contributed by atoms with Crippen LogP contribution in [0.25, 0.3) is 0 Å². The Labute approximate surface area is 165 Å². The molecule has 0 bridgehead atoms. The molecule has 0 aromatic carbocycles. The number of aromatic nitrogens is 2. The lowest BCUT2D eigenvalue weighted by atomic mass is 9.98. The van der Waals surface area contributed by atoms with Crippen LogP contribution in [-0.4, -0.2) is 69.2 Å². The number of rotatable bonds is 7. The maximum Gasteiger partial charge on any atom is 0.308 e. The van der Waals surface area contributed by atoms with E-state index in [2.05, 4.69) is 18.9 Å². The fraction of sp³-hybridized carbons (Fsp3) is 0.700. The van der Waals surface area contributed by atoms with Crippen molar-refractivity contribution in [2.75, 3.05) is 26.7 Å². The third-order valence-corrected chi connectivity index (χ3v) is 5.88. The van der Waals surface area contributed by atoms with Gasteiger partial charge in [0.2, 0.25) is 5.91 Å². The SMILES string of the molecule is CCC(C)n1ncc(C(=O)N(C)CC(=O)N2CCCC(C(=O)O)C2)c1C1CC1. The Bertz CT molecular complexity index is 755. The third kappa shape index (κ3) is 4.20. The summed E-state index contributed by atoms with van der Waals surface area (Å²) in [5.41, 5.74) is 1.57. The highest BCUT2D eigenvalue weighted by molar-refractivity contribution is 5.97. The lowest BCUT2D eigenvalue weighted by Gasteiger charge is -2.32. The van der Waals surface area contributed by atoms with Crippen LogP contribution in [-0.2, 0) is 9.59 Å². The van der Waals surface area contributed by atoms with E-state index in [1.807, 2.05) is 4.68 Å². The van der Waals surface area contributed by atoms with Crippen LogP contribution in [0.5, 0.6) is 0 Å². The van der Waals surface area contributed by atoms with E-state index < -0.39 is 11.9 Å². The van der Waals surface area contributed by atoms with E-state index in [4.69, 9.17) is 0 Å². The third-order valence-electron chi connectivity index (χ3n) is 5.88. The van der Waals surface area contributed by atoms with Crippen molar-refractivity contribution >= 4 is 17.8 Å². The number of amides is 2. The van der Waals surface area contributed by atoms with Gasteiger partial charge in [-0.05, 0) is 39.0 Å². The molecule has 1 aliphatic heterocycles. The predicted molar refractivity (Wildman–Crippen MR) is 103 cm³/mol. The van der Waals surface area contributed by atoms with Gasteiger partial charge in [0.15, 0.2) is 0 Å². The topological polar surface area (TPSA) is 95.7 Å². The zero-order valence-corrected chi connectivity index (χ0v) is 16.9. The summed E-state index contributed by atoms with van der Waals surface area (Å²) in [6, 6.07) is 0.227. The zero-order valence-electron chi connectivity index (χ0n) is 16.9. The van der Waals surface area contributed by atoms with Gasteiger partial charge in [-0.25, -0.2) is 0 Å². The number of hydrogen-bond donors (Lipinski definition) is 1. The molecule has 1 N–H and O–H groups in total. The highest BCUT2D eigenvalue weighted by Crippen LogP contribution is 2.43. The molecule has 1 aromatic rings. The molecular weight excluding hydrogens is 360 g/mol. The van der Waals surface area contributed by atoms with Gasteiger partial charge >= 0.3 is 5.97 Å². The molecule has 3 rings (SSSR count). The fourth-order valence-corrected chi connectivity index (χ4v) is 3.81. The van der Waals surface area contributed by atoms with Crippen molar-refractivity contribution in [1.82, 2.24) is 19.6 Å². The summed E-state index contributed by atoms with van der Waals surface area (Å²) in [4.78, 5) is 39.9. The number of carboxylic acid groups (broad SMARTS) is 1. The highest BCUT2D eigenvalue weighted by Gasteiger charge is 2.35. The van der Waals surface area contributed by atoms with Crippen molar-refractivity contribution in [2.24, 2.45) is 5.92 Å². The predicted octanol–water partition coefficient (Wildman–Crippen LogP) is 2.13. The number of aliphatic carboxylic acids is 1. The summed E-state index contributed by atoms with van der Waals surface area (Å²) in [6.45, 7) is 4.90. The minimum atomic E-state index is -0.867. The van der Waals surface area contributed by atoms with Crippen LogP contribution >= 0.6 is 0 Å². The number of carbonyl (C=O) groups is 3. The summed E-state index contributed by atoms with van der Waals surface area (Å²) in [5, 5.41) is 13.7. The average Bonchev–Trinajstić information content (AvgIpc) is 3.44. The van der Waals surface area contributed by atoms with E-state index in [1.165, 1.54) is 4.90 Å². The van der Waals surface area contributed by atoms with Gasteiger partial charge in [-0.15, -0.1) is 0 Å². The summed E-state index contributed by atoms with van der Waals surface area (Å²) >= 11 is 0. The van der Waals surface area contributed by atoms with Gasteiger partial charge in [0.05, 0.1) is 29.9 Å². The first-order valence-corrected chi connectivity index (χ1v) is 10.2. The van der Waals surface area contributed by atoms with Gasteiger partial charge in [0.1, 0.15) is 0 Å². The molecule has 0 radical (unpaired) electrons. The number of piperidine rings is 1. The number of likely N-dealkylation sites (tertiary alicyclic amines) is 1. The van der Waals surface area contributed by atoms with E-state index in [-0.39, 0.29) is 30.9 Å². The monoisotopic (exact) mass is 390 g/mol. The van der Waals surface area contributed by atoms with E-state index in [9.17, 15) is 19.5 Å². The van der Waals surface area contributed by atoms with E-state index in [1.54, 1.807) is 18.1 Å². The molecule has 8 nitrogen and oxygen atoms in total. The van der Waals surface area contributed by atoms with Crippen LogP contribution in [0.4, 0.5) is 0 Å². The molecule has 1 aliphatic carbocycles. The van der Waals surface area contributed by atoms with Crippen LogP contribution < -0.4 is 0 Å². The second kappa shape index (κ2) is 8.32. The Hall–Kier alpha value is -2.38. The second-order valence-electron chi connectivity index (χ2n) is 8.10. The molecule has 2 aliphatic rings.